The Morgan fingerprint density at radius 3 is 2.77 bits per heavy atom. The lowest BCUT2D eigenvalue weighted by molar-refractivity contribution is -0.143. The zero-order chi connectivity index (χ0) is 9.90. The normalized spacial score (nSPS) is 28.7. The molecule has 0 radical (unpaired) electrons. The van der Waals surface area contributed by atoms with Crippen molar-refractivity contribution in [2.75, 3.05) is 6.61 Å². The van der Waals surface area contributed by atoms with Gasteiger partial charge < -0.3 is 9.47 Å². The minimum atomic E-state index is -0.382. The summed E-state index contributed by atoms with van der Waals surface area (Å²) in [4.78, 5) is 0. The van der Waals surface area contributed by atoms with Crippen LogP contribution in [0, 0.1) is 5.92 Å². The van der Waals surface area contributed by atoms with Gasteiger partial charge in [0.15, 0.2) is 5.79 Å². The highest BCUT2D eigenvalue weighted by molar-refractivity contribution is 4.78. The molecular formula is C11H20O2. The average Bonchev–Trinajstić information content (AvgIpc) is 2.42. The molecule has 1 saturated heterocycles. The van der Waals surface area contributed by atoms with Crippen molar-refractivity contribution < 1.29 is 9.47 Å². The van der Waals surface area contributed by atoms with E-state index in [1.165, 1.54) is 0 Å². The van der Waals surface area contributed by atoms with Gasteiger partial charge in [0.2, 0.25) is 0 Å². The highest BCUT2D eigenvalue weighted by atomic mass is 16.7. The monoisotopic (exact) mass is 184 g/mol. The molecule has 0 bridgehead atoms. The van der Waals surface area contributed by atoms with Gasteiger partial charge in [-0.15, -0.1) is 6.58 Å². The summed E-state index contributed by atoms with van der Waals surface area (Å²) in [6.45, 7) is 10.6. The summed E-state index contributed by atoms with van der Waals surface area (Å²) < 4.78 is 11.3. The van der Waals surface area contributed by atoms with Crippen molar-refractivity contribution in [3.8, 4) is 0 Å². The van der Waals surface area contributed by atoms with Crippen LogP contribution in [0.25, 0.3) is 0 Å². The zero-order valence-corrected chi connectivity index (χ0v) is 8.88. The van der Waals surface area contributed by atoms with Crippen LogP contribution < -0.4 is 0 Å². The van der Waals surface area contributed by atoms with E-state index in [0.717, 1.165) is 19.4 Å². The van der Waals surface area contributed by atoms with Crippen molar-refractivity contribution in [2.45, 2.75) is 45.5 Å². The molecule has 0 aromatic rings. The Hall–Kier alpha value is -0.340. The summed E-state index contributed by atoms with van der Waals surface area (Å²) in [7, 11) is 0. The molecule has 1 fully saturated rings. The number of allylic oxidation sites excluding steroid dienone is 1. The Morgan fingerprint density at radius 1 is 1.62 bits per heavy atom. The first kappa shape index (κ1) is 10.7. The zero-order valence-electron chi connectivity index (χ0n) is 8.88. The molecule has 0 N–H and O–H groups in total. The second-order valence-electron chi connectivity index (χ2n) is 4.21. The maximum absolute atomic E-state index is 5.75. The van der Waals surface area contributed by atoms with Gasteiger partial charge >= 0.3 is 0 Å². The lowest BCUT2D eigenvalue weighted by Gasteiger charge is -2.20. The van der Waals surface area contributed by atoms with E-state index in [9.17, 15) is 0 Å². The highest BCUT2D eigenvalue weighted by Gasteiger charge is 2.35. The van der Waals surface area contributed by atoms with E-state index < -0.39 is 0 Å². The van der Waals surface area contributed by atoms with Gasteiger partial charge in [0.1, 0.15) is 0 Å². The fourth-order valence-corrected chi connectivity index (χ4v) is 1.56. The highest BCUT2D eigenvalue weighted by Crippen LogP contribution is 2.28. The largest absolute Gasteiger partial charge is 0.348 e. The van der Waals surface area contributed by atoms with E-state index in [2.05, 4.69) is 13.5 Å². The number of hydrogen-bond donors (Lipinski definition) is 0. The Morgan fingerprint density at radius 2 is 2.31 bits per heavy atom. The molecule has 0 spiro atoms. The van der Waals surface area contributed by atoms with Gasteiger partial charge in [-0.05, 0) is 32.6 Å². The fourth-order valence-electron chi connectivity index (χ4n) is 1.56. The summed E-state index contributed by atoms with van der Waals surface area (Å²) in [6.07, 6.45) is 4.40. The Kier molecular flexibility index (Phi) is 3.51. The summed E-state index contributed by atoms with van der Waals surface area (Å²) in [5, 5.41) is 0. The third kappa shape index (κ3) is 3.12. The van der Waals surface area contributed by atoms with Gasteiger partial charge in [0.05, 0.1) is 12.7 Å². The summed E-state index contributed by atoms with van der Waals surface area (Å²) >= 11 is 0. The van der Waals surface area contributed by atoms with Crippen LogP contribution in [0.4, 0.5) is 0 Å². The predicted molar refractivity (Wildman–Crippen MR) is 53.5 cm³/mol. The van der Waals surface area contributed by atoms with E-state index in [1.807, 2.05) is 19.9 Å². The third-order valence-corrected chi connectivity index (χ3v) is 2.49. The Balaban J connectivity index is 2.33. The quantitative estimate of drug-likeness (QED) is 0.625. The predicted octanol–water partition coefficient (Wildman–Crippen LogP) is 2.74. The van der Waals surface area contributed by atoms with Crippen molar-refractivity contribution in [3.63, 3.8) is 0 Å². The van der Waals surface area contributed by atoms with Gasteiger partial charge in [-0.1, -0.05) is 13.0 Å². The van der Waals surface area contributed by atoms with E-state index in [4.69, 9.17) is 9.47 Å². The van der Waals surface area contributed by atoms with E-state index in [1.54, 1.807) is 0 Å². The van der Waals surface area contributed by atoms with Crippen molar-refractivity contribution in [1.82, 2.24) is 0 Å². The molecule has 76 valence electrons. The third-order valence-electron chi connectivity index (χ3n) is 2.49. The molecule has 1 aliphatic rings. The molecular weight excluding hydrogens is 164 g/mol. The Labute approximate surface area is 80.9 Å². The van der Waals surface area contributed by atoms with Crippen molar-refractivity contribution in [1.29, 1.82) is 0 Å². The minimum absolute atomic E-state index is 0.259. The van der Waals surface area contributed by atoms with Crippen LogP contribution in [0.5, 0.6) is 0 Å². The molecule has 1 rings (SSSR count). The standard InChI is InChI=1S/C11H20O2/c1-5-6-7-9(2)10-8-12-11(3,4)13-10/h5,9-10H,1,6-8H2,2-4H3/t9-,10+/m0/s1. The van der Waals surface area contributed by atoms with Gasteiger partial charge in [-0.2, -0.15) is 0 Å². The van der Waals surface area contributed by atoms with Crippen LogP contribution in [0.15, 0.2) is 12.7 Å². The lowest BCUT2D eigenvalue weighted by atomic mass is 10.00. The first-order chi connectivity index (χ1) is 6.05. The summed E-state index contributed by atoms with van der Waals surface area (Å²) in [6, 6.07) is 0. The van der Waals surface area contributed by atoms with E-state index in [-0.39, 0.29) is 11.9 Å². The van der Waals surface area contributed by atoms with Gasteiger partial charge in [-0.25, -0.2) is 0 Å². The van der Waals surface area contributed by atoms with Crippen LogP contribution in [0.2, 0.25) is 0 Å². The molecule has 0 aromatic carbocycles. The summed E-state index contributed by atoms with van der Waals surface area (Å²) in [5.41, 5.74) is 0. The van der Waals surface area contributed by atoms with E-state index in [0.29, 0.717) is 5.92 Å². The van der Waals surface area contributed by atoms with Crippen LogP contribution >= 0.6 is 0 Å². The number of rotatable bonds is 4. The number of ether oxygens (including phenoxy) is 2. The molecule has 0 amide bonds. The molecule has 2 heteroatoms. The first-order valence-electron chi connectivity index (χ1n) is 4.98. The molecule has 0 saturated carbocycles. The minimum Gasteiger partial charge on any atom is -0.348 e. The molecule has 13 heavy (non-hydrogen) atoms. The average molecular weight is 184 g/mol. The van der Waals surface area contributed by atoms with Gasteiger partial charge in [0.25, 0.3) is 0 Å². The van der Waals surface area contributed by atoms with Gasteiger partial charge in [0, 0.05) is 0 Å². The maximum atomic E-state index is 5.75. The molecule has 0 aliphatic carbocycles. The van der Waals surface area contributed by atoms with Crippen molar-refractivity contribution in [2.24, 2.45) is 5.92 Å². The molecule has 1 heterocycles. The van der Waals surface area contributed by atoms with E-state index >= 15 is 0 Å². The van der Waals surface area contributed by atoms with Crippen LogP contribution in [-0.4, -0.2) is 18.5 Å². The first-order valence-corrected chi connectivity index (χ1v) is 4.98. The number of hydrogen-bond acceptors (Lipinski definition) is 2. The molecule has 2 atom stereocenters. The fraction of sp³-hybridized carbons (Fsp3) is 0.818. The molecule has 0 unspecified atom stereocenters. The topological polar surface area (TPSA) is 18.5 Å². The molecule has 1 aliphatic heterocycles. The second-order valence-corrected chi connectivity index (χ2v) is 4.21. The van der Waals surface area contributed by atoms with Crippen LogP contribution in [0.3, 0.4) is 0 Å². The molecule has 2 nitrogen and oxygen atoms in total. The van der Waals surface area contributed by atoms with Crippen molar-refractivity contribution >= 4 is 0 Å². The van der Waals surface area contributed by atoms with Crippen LogP contribution in [0.1, 0.15) is 33.6 Å². The van der Waals surface area contributed by atoms with Crippen LogP contribution in [-0.2, 0) is 9.47 Å². The SMILES string of the molecule is C=CCC[C@H](C)[C@H]1COC(C)(C)O1. The second kappa shape index (κ2) is 4.25. The Bertz CT molecular complexity index is 175. The smallest absolute Gasteiger partial charge is 0.163 e. The summed E-state index contributed by atoms with van der Waals surface area (Å²) in [5.74, 6) is 0.174. The van der Waals surface area contributed by atoms with Gasteiger partial charge in [-0.3, -0.25) is 0 Å². The lowest BCUT2D eigenvalue weighted by Crippen LogP contribution is -2.25. The van der Waals surface area contributed by atoms with Crippen molar-refractivity contribution in [3.05, 3.63) is 12.7 Å². The molecule has 0 aromatic heterocycles. The maximum Gasteiger partial charge on any atom is 0.163 e.